The Morgan fingerprint density at radius 2 is 2.19 bits per heavy atom. The maximum atomic E-state index is 10.6. The molecule has 0 N–H and O–H groups in total. The summed E-state index contributed by atoms with van der Waals surface area (Å²) in [5.41, 5.74) is 3.81. The van der Waals surface area contributed by atoms with Crippen molar-refractivity contribution >= 4 is 17.6 Å². The number of carbonyl (C=O) groups excluding carboxylic acids is 1. The highest BCUT2D eigenvalue weighted by Crippen LogP contribution is 2.18. The molecule has 0 fully saturated rings. The number of hydrogen-bond acceptors (Lipinski definition) is 3. The Morgan fingerprint density at radius 3 is 2.88 bits per heavy atom. The van der Waals surface area contributed by atoms with Gasteiger partial charge in [0.2, 0.25) is 0 Å². The molecule has 0 saturated carbocycles. The zero-order valence-corrected chi connectivity index (χ0v) is 10.2. The number of hydrogen-bond donors (Lipinski definition) is 0. The summed E-state index contributed by atoms with van der Waals surface area (Å²) in [6.07, 6.45) is 3.30. The molecule has 2 rings (SSSR count). The lowest BCUT2D eigenvalue weighted by Crippen LogP contribution is -1.91. The molecule has 0 unspecified atom stereocenters. The van der Waals surface area contributed by atoms with E-state index >= 15 is 0 Å². The van der Waals surface area contributed by atoms with Crippen LogP contribution in [0.25, 0.3) is 0 Å². The minimum atomic E-state index is 0.695. The fourth-order valence-corrected chi connectivity index (χ4v) is 2.37. The molecule has 0 aliphatic carbocycles. The van der Waals surface area contributed by atoms with Crippen LogP contribution < -0.4 is 0 Å². The van der Waals surface area contributed by atoms with E-state index in [1.165, 1.54) is 28.0 Å². The summed E-state index contributed by atoms with van der Waals surface area (Å²) >= 11 is 1.46. The standard InChI is InChI=1S/C13H13NOS/c1-9-3-4-10(2)11(5-9)6-13-14-7-12(8-15)16-13/h3-5,7-8H,6H2,1-2H3. The first-order valence-electron chi connectivity index (χ1n) is 5.15. The van der Waals surface area contributed by atoms with Crippen molar-refractivity contribution in [3.05, 3.63) is 51.0 Å². The third-order valence-electron chi connectivity index (χ3n) is 2.53. The van der Waals surface area contributed by atoms with Crippen molar-refractivity contribution in [1.29, 1.82) is 0 Å². The lowest BCUT2D eigenvalue weighted by atomic mass is 10.0. The van der Waals surface area contributed by atoms with Crippen molar-refractivity contribution in [3.8, 4) is 0 Å². The molecule has 1 aromatic carbocycles. The topological polar surface area (TPSA) is 30.0 Å². The molecular weight excluding hydrogens is 218 g/mol. The van der Waals surface area contributed by atoms with Gasteiger partial charge < -0.3 is 0 Å². The Kier molecular flexibility index (Phi) is 3.15. The van der Waals surface area contributed by atoms with E-state index in [2.05, 4.69) is 37.0 Å². The van der Waals surface area contributed by atoms with Crippen molar-refractivity contribution in [2.75, 3.05) is 0 Å². The number of nitrogens with zero attached hydrogens (tertiary/aromatic N) is 1. The van der Waals surface area contributed by atoms with E-state index in [1.807, 2.05) is 0 Å². The molecule has 2 nitrogen and oxygen atoms in total. The van der Waals surface area contributed by atoms with Crippen LogP contribution in [0.2, 0.25) is 0 Å². The van der Waals surface area contributed by atoms with E-state index in [9.17, 15) is 4.79 Å². The summed E-state index contributed by atoms with van der Waals surface area (Å²) in [7, 11) is 0. The quantitative estimate of drug-likeness (QED) is 0.759. The van der Waals surface area contributed by atoms with Crippen LogP contribution in [-0.2, 0) is 6.42 Å². The average molecular weight is 231 g/mol. The lowest BCUT2D eigenvalue weighted by molar-refractivity contribution is 0.112. The van der Waals surface area contributed by atoms with Gasteiger partial charge in [0.25, 0.3) is 0 Å². The highest BCUT2D eigenvalue weighted by molar-refractivity contribution is 7.13. The van der Waals surface area contributed by atoms with Crippen LogP contribution in [0.5, 0.6) is 0 Å². The summed E-state index contributed by atoms with van der Waals surface area (Å²) < 4.78 is 0. The number of benzene rings is 1. The van der Waals surface area contributed by atoms with Crippen LogP contribution in [0, 0.1) is 13.8 Å². The normalized spacial score (nSPS) is 10.4. The molecule has 0 amide bonds. The molecule has 0 atom stereocenters. The molecule has 82 valence electrons. The monoisotopic (exact) mass is 231 g/mol. The zero-order chi connectivity index (χ0) is 11.5. The number of aryl methyl sites for hydroxylation is 2. The van der Waals surface area contributed by atoms with Gasteiger partial charge in [-0.25, -0.2) is 4.98 Å². The Bertz CT molecular complexity index is 516. The first-order valence-corrected chi connectivity index (χ1v) is 5.96. The predicted molar refractivity (Wildman–Crippen MR) is 66.2 cm³/mol. The van der Waals surface area contributed by atoms with Crippen LogP contribution in [0.15, 0.2) is 24.4 Å². The third kappa shape index (κ3) is 2.36. The predicted octanol–water partition coefficient (Wildman–Crippen LogP) is 3.16. The van der Waals surface area contributed by atoms with E-state index < -0.39 is 0 Å². The van der Waals surface area contributed by atoms with Gasteiger partial charge in [-0.1, -0.05) is 23.8 Å². The van der Waals surface area contributed by atoms with Gasteiger partial charge >= 0.3 is 0 Å². The molecule has 1 aromatic heterocycles. The summed E-state index contributed by atoms with van der Waals surface area (Å²) in [4.78, 5) is 15.5. The smallest absolute Gasteiger partial charge is 0.161 e. The average Bonchev–Trinajstić information content (AvgIpc) is 2.71. The van der Waals surface area contributed by atoms with Crippen LogP contribution >= 0.6 is 11.3 Å². The molecular formula is C13H13NOS. The van der Waals surface area contributed by atoms with Crippen molar-refractivity contribution < 1.29 is 4.79 Å². The molecule has 1 heterocycles. The molecule has 0 radical (unpaired) electrons. The molecule has 16 heavy (non-hydrogen) atoms. The minimum absolute atomic E-state index is 0.695. The fourth-order valence-electron chi connectivity index (χ4n) is 1.61. The molecule has 2 aromatic rings. The minimum Gasteiger partial charge on any atom is -0.297 e. The molecule has 0 aliphatic heterocycles. The van der Waals surface area contributed by atoms with Gasteiger partial charge in [-0.15, -0.1) is 11.3 Å². The molecule has 0 spiro atoms. The van der Waals surface area contributed by atoms with Gasteiger partial charge in [0, 0.05) is 12.6 Å². The van der Waals surface area contributed by atoms with Gasteiger partial charge in [0.05, 0.1) is 9.88 Å². The number of aldehydes is 1. The van der Waals surface area contributed by atoms with Gasteiger partial charge in [-0.3, -0.25) is 4.79 Å². The van der Waals surface area contributed by atoms with E-state index in [0.717, 1.165) is 17.7 Å². The number of thiazole rings is 1. The van der Waals surface area contributed by atoms with Crippen LogP contribution in [0.3, 0.4) is 0 Å². The summed E-state index contributed by atoms with van der Waals surface area (Å²) in [6.45, 7) is 4.19. The Morgan fingerprint density at radius 1 is 1.38 bits per heavy atom. The second-order valence-corrected chi connectivity index (χ2v) is 5.03. The van der Waals surface area contributed by atoms with Gasteiger partial charge in [-0.2, -0.15) is 0 Å². The van der Waals surface area contributed by atoms with Crippen LogP contribution in [0.1, 0.15) is 31.4 Å². The number of carbonyl (C=O) groups is 1. The number of aromatic nitrogens is 1. The molecule has 3 heteroatoms. The molecule has 0 aliphatic rings. The third-order valence-corrected chi connectivity index (χ3v) is 3.46. The van der Waals surface area contributed by atoms with Crippen LogP contribution in [0.4, 0.5) is 0 Å². The first kappa shape index (κ1) is 11.0. The summed E-state index contributed by atoms with van der Waals surface area (Å²) in [5.74, 6) is 0. The zero-order valence-electron chi connectivity index (χ0n) is 9.36. The van der Waals surface area contributed by atoms with Gasteiger partial charge in [-0.05, 0) is 25.0 Å². The fraction of sp³-hybridized carbons (Fsp3) is 0.231. The highest BCUT2D eigenvalue weighted by atomic mass is 32.1. The molecule has 0 bridgehead atoms. The first-order chi connectivity index (χ1) is 7.69. The highest BCUT2D eigenvalue weighted by Gasteiger charge is 2.05. The lowest BCUT2D eigenvalue weighted by Gasteiger charge is -2.04. The Labute approximate surface area is 99.0 Å². The van der Waals surface area contributed by atoms with Crippen molar-refractivity contribution in [2.24, 2.45) is 0 Å². The SMILES string of the molecule is Cc1ccc(C)c(Cc2ncc(C=O)s2)c1. The van der Waals surface area contributed by atoms with Crippen molar-refractivity contribution in [1.82, 2.24) is 4.98 Å². The largest absolute Gasteiger partial charge is 0.297 e. The van der Waals surface area contributed by atoms with E-state index in [4.69, 9.17) is 0 Å². The van der Waals surface area contributed by atoms with Gasteiger partial charge in [0.1, 0.15) is 0 Å². The maximum Gasteiger partial charge on any atom is 0.161 e. The second kappa shape index (κ2) is 4.58. The van der Waals surface area contributed by atoms with E-state index in [0.29, 0.717) is 4.88 Å². The molecule has 0 saturated heterocycles. The van der Waals surface area contributed by atoms with Gasteiger partial charge in [0.15, 0.2) is 6.29 Å². The van der Waals surface area contributed by atoms with Crippen LogP contribution in [-0.4, -0.2) is 11.3 Å². The number of rotatable bonds is 3. The van der Waals surface area contributed by atoms with E-state index in [1.54, 1.807) is 6.20 Å². The Hall–Kier alpha value is -1.48. The summed E-state index contributed by atoms with van der Waals surface area (Å²) in [6, 6.07) is 6.41. The second-order valence-electron chi connectivity index (χ2n) is 3.88. The Balaban J connectivity index is 2.26. The summed E-state index contributed by atoms with van der Waals surface area (Å²) in [5, 5.41) is 0.996. The van der Waals surface area contributed by atoms with Crippen molar-refractivity contribution in [2.45, 2.75) is 20.3 Å². The van der Waals surface area contributed by atoms with Crippen molar-refractivity contribution in [3.63, 3.8) is 0 Å². The van der Waals surface area contributed by atoms with E-state index in [-0.39, 0.29) is 0 Å². The maximum absolute atomic E-state index is 10.6.